The Kier molecular flexibility index (Phi) is 3.67. The van der Waals surface area contributed by atoms with E-state index in [1.54, 1.807) is 42.5 Å². The highest BCUT2D eigenvalue weighted by Gasteiger charge is 2.06. The predicted octanol–water partition coefficient (Wildman–Crippen LogP) is 4.25. The fourth-order valence-electron chi connectivity index (χ4n) is 1.40. The monoisotopic (exact) mass is 265 g/mol. The Bertz CT molecular complexity index is 553. The summed E-state index contributed by atoms with van der Waals surface area (Å²) < 4.78 is 0.761. The molecule has 0 unspecified atom stereocenters. The Morgan fingerprint density at radius 1 is 0.941 bits per heavy atom. The number of rotatable bonds is 2. The van der Waals surface area contributed by atoms with Crippen LogP contribution >= 0.6 is 23.2 Å². The topological polar surface area (TPSA) is 26.1 Å². The van der Waals surface area contributed by atoms with Crippen molar-refractivity contribution in [2.24, 2.45) is 0 Å². The minimum Gasteiger partial charge on any atom is -0.618 e. The van der Waals surface area contributed by atoms with Gasteiger partial charge in [-0.15, -0.1) is 0 Å². The summed E-state index contributed by atoms with van der Waals surface area (Å²) in [7, 11) is 0. The lowest BCUT2D eigenvalue weighted by Gasteiger charge is -2.04. The van der Waals surface area contributed by atoms with Gasteiger partial charge in [0.25, 0.3) is 0 Å². The highest BCUT2D eigenvalue weighted by molar-refractivity contribution is 6.43. The first-order chi connectivity index (χ1) is 8.18. The SMILES string of the molecule is [O-]/[N+](=C/c1cccc(Cl)c1Cl)c1ccccc1. The van der Waals surface area contributed by atoms with Crippen molar-refractivity contribution in [1.29, 1.82) is 0 Å². The van der Waals surface area contributed by atoms with E-state index < -0.39 is 0 Å². The van der Waals surface area contributed by atoms with Crippen LogP contribution in [-0.4, -0.2) is 11.0 Å². The van der Waals surface area contributed by atoms with Gasteiger partial charge in [0.15, 0.2) is 6.21 Å². The van der Waals surface area contributed by atoms with Crippen LogP contribution in [-0.2, 0) is 0 Å². The van der Waals surface area contributed by atoms with Gasteiger partial charge in [-0.1, -0.05) is 47.5 Å². The van der Waals surface area contributed by atoms with Crippen LogP contribution in [0, 0.1) is 5.21 Å². The van der Waals surface area contributed by atoms with E-state index in [9.17, 15) is 5.21 Å². The molecule has 0 saturated heterocycles. The molecule has 2 aromatic rings. The van der Waals surface area contributed by atoms with E-state index in [2.05, 4.69) is 0 Å². The predicted molar refractivity (Wildman–Crippen MR) is 71.4 cm³/mol. The molecule has 0 saturated carbocycles. The summed E-state index contributed by atoms with van der Waals surface area (Å²) in [5.74, 6) is 0. The molecule has 0 radical (unpaired) electrons. The molecule has 4 heteroatoms. The minimum atomic E-state index is 0.381. The number of halogens is 2. The van der Waals surface area contributed by atoms with Crippen LogP contribution in [0.4, 0.5) is 5.69 Å². The summed E-state index contributed by atoms with van der Waals surface area (Å²) in [4.78, 5) is 0. The van der Waals surface area contributed by atoms with Crippen molar-refractivity contribution in [3.05, 3.63) is 69.3 Å². The van der Waals surface area contributed by atoms with E-state index in [4.69, 9.17) is 23.2 Å². The molecule has 0 amide bonds. The average molecular weight is 266 g/mol. The zero-order valence-corrected chi connectivity index (χ0v) is 10.3. The van der Waals surface area contributed by atoms with Crippen molar-refractivity contribution < 1.29 is 4.74 Å². The summed E-state index contributed by atoms with van der Waals surface area (Å²) in [6.07, 6.45) is 1.41. The first-order valence-corrected chi connectivity index (χ1v) is 5.74. The van der Waals surface area contributed by atoms with Crippen molar-refractivity contribution in [2.45, 2.75) is 0 Å². The van der Waals surface area contributed by atoms with E-state index >= 15 is 0 Å². The number of hydrogen-bond acceptors (Lipinski definition) is 1. The first-order valence-electron chi connectivity index (χ1n) is 4.99. The molecule has 2 aromatic carbocycles. The zero-order valence-electron chi connectivity index (χ0n) is 8.81. The molecular formula is C13H9Cl2NO. The maximum atomic E-state index is 11.8. The van der Waals surface area contributed by atoms with Crippen LogP contribution in [0.15, 0.2) is 48.5 Å². The Morgan fingerprint density at radius 2 is 1.65 bits per heavy atom. The smallest absolute Gasteiger partial charge is 0.216 e. The number of para-hydroxylation sites is 1. The molecule has 2 rings (SSSR count). The fourth-order valence-corrected chi connectivity index (χ4v) is 1.75. The molecule has 2 nitrogen and oxygen atoms in total. The Hall–Kier alpha value is -1.51. The lowest BCUT2D eigenvalue weighted by molar-refractivity contribution is -0.354. The standard InChI is InChI=1S/C13H9Cl2NO/c14-12-8-4-5-10(13(12)15)9-16(17)11-6-2-1-3-7-11/h1-9H/b16-9+. The first kappa shape index (κ1) is 12.0. The van der Waals surface area contributed by atoms with E-state index in [-0.39, 0.29) is 0 Å². The number of benzene rings is 2. The molecule has 0 atom stereocenters. The van der Waals surface area contributed by atoms with Crippen LogP contribution in [0.3, 0.4) is 0 Å². The summed E-state index contributed by atoms with van der Waals surface area (Å²) in [6, 6.07) is 14.1. The van der Waals surface area contributed by atoms with Crippen LogP contribution in [0.5, 0.6) is 0 Å². The largest absolute Gasteiger partial charge is 0.618 e. The summed E-state index contributed by atoms with van der Waals surface area (Å²) >= 11 is 11.9. The highest BCUT2D eigenvalue weighted by Crippen LogP contribution is 2.24. The second-order valence-electron chi connectivity index (χ2n) is 3.43. The zero-order chi connectivity index (χ0) is 12.3. The Labute approximate surface area is 109 Å². The quantitative estimate of drug-likeness (QED) is 0.345. The lowest BCUT2D eigenvalue weighted by Crippen LogP contribution is -1.99. The van der Waals surface area contributed by atoms with Gasteiger partial charge in [-0.25, -0.2) is 0 Å². The summed E-state index contributed by atoms with van der Waals surface area (Å²) in [5, 5.41) is 12.6. The third-order valence-electron chi connectivity index (χ3n) is 2.25. The average Bonchev–Trinajstić information content (AvgIpc) is 2.36. The van der Waals surface area contributed by atoms with E-state index in [1.807, 2.05) is 6.07 Å². The van der Waals surface area contributed by atoms with Crippen molar-refractivity contribution in [2.75, 3.05) is 0 Å². The van der Waals surface area contributed by atoms with Gasteiger partial charge in [0.2, 0.25) is 5.69 Å². The Balaban J connectivity index is 2.40. The van der Waals surface area contributed by atoms with Crippen molar-refractivity contribution in [1.82, 2.24) is 0 Å². The molecule has 0 spiro atoms. The molecule has 0 heterocycles. The molecule has 0 bridgehead atoms. The van der Waals surface area contributed by atoms with E-state index in [0.717, 1.165) is 4.74 Å². The molecule has 0 aliphatic carbocycles. The second-order valence-corrected chi connectivity index (χ2v) is 4.22. The number of nitrogens with zero attached hydrogens (tertiary/aromatic N) is 1. The second kappa shape index (κ2) is 5.21. The van der Waals surface area contributed by atoms with Gasteiger partial charge in [0.05, 0.1) is 15.6 Å². The van der Waals surface area contributed by atoms with Crippen molar-refractivity contribution in [3.8, 4) is 0 Å². The minimum absolute atomic E-state index is 0.381. The molecule has 0 N–H and O–H groups in total. The van der Waals surface area contributed by atoms with E-state index in [1.165, 1.54) is 6.21 Å². The van der Waals surface area contributed by atoms with E-state index in [0.29, 0.717) is 21.3 Å². The third kappa shape index (κ3) is 2.78. The highest BCUT2D eigenvalue weighted by atomic mass is 35.5. The van der Waals surface area contributed by atoms with Crippen molar-refractivity contribution in [3.63, 3.8) is 0 Å². The third-order valence-corrected chi connectivity index (χ3v) is 3.08. The van der Waals surface area contributed by atoms with Gasteiger partial charge in [-0.3, -0.25) is 0 Å². The Morgan fingerprint density at radius 3 is 2.35 bits per heavy atom. The molecule has 0 fully saturated rings. The maximum Gasteiger partial charge on any atom is 0.216 e. The molecule has 0 aliphatic heterocycles. The summed E-state index contributed by atoms with van der Waals surface area (Å²) in [5.41, 5.74) is 1.14. The van der Waals surface area contributed by atoms with Gasteiger partial charge < -0.3 is 5.21 Å². The van der Waals surface area contributed by atoms with Gasteiger partial charge in [0, 0.05) is 12.1 Å². The van der Waals surface area contributed by atoms with Crippen LogP contribution in [0.1, 0.15) is 5.56 Å². The van der Waals surface area contributed by atoms with Crippen molar-refractivity contribution >= 4 is 35.1 Å². The van der Waals surface area contributed by atoms with Gasteiger partial charge in [-0.2, -0.15) is 4.74 Å². The van der Waals surface area contributed by atoms with Crippen LogP contribution < -0.4 is 0 Å². The molecule has 86 valence electrons. The molecule has 0 aromatic heterocycles. The number of hydrogen-bond donors (Lipinski definition) is 0. The molecule has 17 heavy (non-hydrogen) atoms. The summed E-state index contributed by atoms with van der Waals surface area (Å²) in [6.45, 7) is 0. The normalized spacial score (nSPS) is 11.5. The van der Waals surface area contributed by atoms with Crippen LogP contribution in [0.25, 0.3) is 0 Å². The fraction of sp³-hybridized carbons (Fsp3) is 0. The van der Waals surface area contributed by atoms with Gasteiger partial charge in [-0.05, 0) is 12.1 Å². The lowest BCUT2D eigenvalue weighted by atomic mass is 10.2. The maximum absolute atomic E-state index is 11.8. The van der Waals surface area contributed by atoms with Gasteiger partial charge >= 0.3 is 0 Å². The molecular weight excluding hydrogens is 257 g/mol. The molecule has 0 aliphatic rings. The van der Waals surface area contributed by atoms with Gasteiger partial charge in [0.1, 0.15) is 0 Å². The van der Waals surface area contributed by atoms with Crippen LogP contribution in [0.2, 0.25) is 10.0 Å².